The zero-order valence-electron chi connectivity index (χ0n) is 17.9. The lowest BCUT2D eigenvalue weighted by Gasteiger charge is -2.10. The molecule has 0 saturated heterocycles. The second-order valence-corrected chi connectivity index (χ2v) is 6.55. The number of anilines is 1. The highest BCUT2D eigenvalue weighted by Crippen LogP contribution is 2.28. The summed E-state index contributed by atoms with van der Waals surface area (Å²) in [5.74, 6) is -0.747. The molecule has 9 heteroatoms. The Kier molecular flexibility index (Phi) is 8.80. The molecule has 0 fully saturated rings. The van der Waals surface area contributed by atoms with E-state index in [0.29, 0.717) is 22.7 Å². The van der Waals surface area contributed by atoms with Crippen LogP contribution in [0.3, 0.4) is 0 Å². The van der Waals surface area contributed by atoms with Crippen LogP contribution in [-0.4, -0.2) is 38.2 Å². The first-order valence-corrected chi connectivity index (χ1v) is 9.53. The Bertz CT molecular complexity index is 1070. The van der Waals surface area contributed by atoms with Crippen molar-refractivity contribution in [1.82, 2.24) is 5.32 Å². The molecule has 3 amide bonds. The van der Waals surface area contributed by atoms with E-state index in [1.807, 2.05) is 26.0 Å². The number of methoxy groups -OCH3 is 1. The van der Waals surface area contributed by atoms with Gasteiger partial charge in [-0.1, -0.05) is 18.2 Å². The van der Waals surface area contributed by atoms with Crippen LogP contribution in [0.4, 0.5) is 10.5 Å². The van der Waals surface area contributed by atoms with E-state index in [1.54, 1.807) is 30.3 Å². The number of carbonyl (C=O) groups excluding carboxylic acids is 3. The molecule has 0 bridgehead atoms. The molecule has 2 aromatic rings. The average molecular weight is 437 g/mol. The molecule has 0 heterocycles. The van der Waals surface area contributed by atoms with Crippen LogP contribution in [0.1, 0.15) is 16.7 Å². The van der Waals surface area contributed by atoms with Gasteiger partial charge >= 0.3 is 12.0 Å². The van der Waals surface area contributed by atoms with Crippen LogP contribution in [-0.2, 0) is 14.3 Å². The van der Waals surface area contributed by atoms with Crippen LogP contribution in [0.25, 0.3) is 6.08 Å². The summed E-state index contributed by atoms with van der Waals surface area (Å²) >= 11 is 0. The van der Waals surface area contributed by atoms with Crippen molar-refractivity contribution >= 4 is 29.7 Å². The van der Waals surface area contributed by atoms with Crippen LogP contribution >= 0.6 is 0 Å². The van der Waals surface area contributed by atoms with Gasteiger partial charge < -0.3 is 19.5 Å². The van der Waals surface area contributed by atoms with E-state index in [9.17, 15) is 14.4 Å². The first-order valence-electron chi connectivity index (χ1n) is 9.53. The Morgan fingerprint density at radius 2 is 1.91 bits per heavy atom. The van der Waals surface area contributed by atoms with E-state index in [1.165, 1.54) is 13.2 Å². The number of amides is 3. The van der Waals surface area contributed by atoms with Gasteiger partial charge in [-0.3, -0.25) is 10.1 Å². The highest BCUT2D eigenvalue weighted by molar-refractivity contribution is 6.02. The first kappa shape index (κ1) is 24.0. The Hall–Kier alpha value is -4.32. The number of aryl methyl sites for hydroxylation is 1. The van der Waals surface area contributed by atoms with E-state index in [0.717, 1.165) is 17.2 Å². The maximum atomic E-state index is 12.0. The Labute approximate surface area is 185 Å². The fraction of sp³-hybridized carbons (Fsp3) is 0.217. The van der Waals surface area contributed by atoms with Crippen LogP contribution in [0, 0.1) is 25.2 Å². The number of hydrogen-bond donors (Lipinski definition) is 2. The maximum Gasteiger partial charge on any atom is 0.331 e. The summed E-state index contributed by atoms with van der Waals surface area (Å²) in [6.45, 7) is 3.02. The minimum atomic E-state index is -0.768. The van der Waals surface area contributed by atoms with Crippen molar-refractivity contribution in [2.45, 2.75) is 13.8 Å². The fourth-order valence-corrected chi connectivity index (χ4v) is 2.57. The summed E-state index contributed by atoms with van der Waals surface area (Å²) in [4.78, 5) is 35.7. The van der Waals surface area contributed by atoms with Crippen molar-refractivity contribution in [3.8, 4) is 17.6 Å². The normalized spacial score (nSPS) is 10.2. The molecule has 2 rings (SSSR count). The fourth-order valence-electron chi connectivity index (χ4n) is 2.57. The van der Waals surface area contributed by atoms with Crippen LogP contribution in [0.5, 0.6) is 11.5 Å². The molecular weight excluding hydrogens is 414 g/mol. The first-order chi connectivity index (χ1) is 15.3. The number of nitrogens with zero attached hydrogens (tertiary/aromatic N) is 1. The minimum absolute atomic E-state index is 0.122. The van der Waals surface area contributed by atoms with Crippen molar-refractivity contribution in [3.05, 3.63) is 59.2 Å². The largest absolute Gasteiger partial charge is 0.493 e. The molecule has 0 aliphatic rings. The third kappa shape index (κ3) is 7.18. The number of esters is 1. The molecule has 0 aliphatic heterocycles. The lowest BCUT2D eigenvalue weighted by molar-refractivity contribution is -0.143. The van der Waals surface area contributed by atoms with Crippen molar-refractivity contribution < 1.29 is 28.6 Å². The second kappa shape index (κ2) is 11.8. The van der Waals surface area contributed by atoms with Gasteiger partial charge in [-0.05, 0) is 54.8 Å². The SMILES string of the molecule is COc1cc(/C=C/C(=O)OCC(=O)NC(=O)Nc2cccc(C)c2C)ccc1OCC#N. The molecule has 0 aromatic heterocycles. The second-order valence-electron chi connectivity index (χ2n) is 6.55. The van der Waals surface area contributed by atoms with Crippen molar-refractivity contribution in [2.24, 2.45) is 0 Å². The topological polar surface area (TPSA) is 127 Å². The van der Waals surface area contributed by atoms with Gasteiger partial charge in [0.1, 0.15) is 6.07 Å². The number of imide groups is 1. The van der Waals surface area contributed by atoms with E-state index >= 15 is 0 Å². The molecule has 9 nitrogen and oxygen atoms in total. The van der Waals surface area contributed by atoms with Gasteiger partial charge in [0.2, 0.25) is 0 Å². The number of hydrogen-bond acceptors (Lipinski definition) is 7. The Balaban J connectivity index is 1.83. The highest BCUT2D eigenvalue weighted by Gasteiger charge is 2.11. The maximum absolute atomic E-state index is 12.0. The predicted octanol–water partition coefficient (Wildman–Crippen LogP) is 3.12. The number of carbonyl (C=O) groups is 3. The zero-order chi connectivity index (χ0) is 23.5. The van der Waals surface area contributed by atoms with Crippen molar-refractivity contribution in [2.75, 3.05) is 25.6 Å². The van der Waals surface area contributed by atoms with Gasteiger partial charge in [0.05, 0.1) is 7.11 Å². The summed E-state index contributed by atoms with van der Waals surface area (Å²) in [6.07, 6.45) is 2.60. The molecule has 0 aliphatic carbocycles. The Morgan fingerprint density at radius 3 is 2.62 bits per heavy atom. The van der Waals surface area contributed by atoms with Crippen LogP contribution < -0.4 is 20.1 Å². The molecule has 0 atom stereocenters. The molecule has 0 radical (unpaired) electrons. The molecule has 32 heavy (non-hydrogen) atoms. The third-order valence-corrected chi connectivity index (χ3v) is 4.34. The molecule has 166 valence electrons. The number of nitrogens with one attached hydrogen (secondary N) is 2. The van der Waals surface area contributed by atoms with Gasteiger partial charge in [0, 0.05) is 11.8 Å². The average Bonchev–Trinajstić information content (AvgIpc) is 2.78. The predicted molar refractivity (Wildman–Crippen MR) is 117 cm³/mol. The molecule has 0 unspecified atom stereocenters. The van der Waals surface area contributed by atoms with E-state index in [2.05, 4.69) is 10.6 Å². The third-order valence-electron chi connectivity index (χ3n) is 4.34. The van der Waals surface area contributed by atoms with Crippen molar-refractivity contribution in [1.29, 1.82) is 5.26 Å². The van der Waals surface area contributed by atoms with E-state index < -0.39 is 24.5 Å². The summed E-state index contributed by atoms with van der Waals surface area (Å²) in [7, 11) is 1.45. The number of benzene rings is 2. The van der Waals surface area contributed by atoms with Gasteiger partial charge in [-0.25, -0.2) is 9.59 Å². The van der Waals surface area contributed by atoms with Gasteiger partial charge in [-0.15, -0.1) is 0 Å². The molecule has 2 N–H and O–H groups in total. The van der Waals surface area contributed by atoms with E-state index in [-0.39, 0.29) is 6.61 Å². The summed E-state index contributed by atoms with van der Waals surface area (Å²) in [6, 6.07) is 11.4. The minimum Gasteiger partial charge on any atom is -0.493 e. The lowest BCUT2D eigenvalue weighted by Crippen LogP contribution is -2.37. The zero-order valence-corrected chi connectivity index (χ0v) is 17.9. The number of ether oxygens (including phenoxy) is 3. The molecule has 0 spiro atoms. The molecule has 0 saturated carbocycles. The standard InChI is InChI=1S/C23H23N3O6/c1-15-5-4-6-18(16(15)2)25-23(29)26-21(27)14-32-22(28)10-8-17-7-9-19(31-12-11-24)20(13-17)30-3/h4-10,13H,12,14H2,1-3H3,(H2,25,26,27,29)/b10-8+. The quantitative estimate of drug-likeness (QED) is 0.480. The molecule has 2 aromatic carbocycles. The lowest BCUT2D eigenvalue weighted by atomic mass is 10.1. The summed E-state index contributed by atoms with van der Waals surface area (Å²) in [5, 5.41) is 13.3. The number of nitriles is 1. The summed E-state index contributed by atoms with van der Waals surface area (Å²) < 4.78 is 15.3. The van der Waals surface area contributed by atoms with Gasteiger partial charge in [-0.2, -0.15) is 5.26 Å². The highest BCUT2D eigenvalue weighted by atomic mass is 16.5. The Morgan fingerprint density at radius 1 is 1.12 bits per heavy atom. The monoisotopic (exact) mass is 437 g/mol. The van der Waals surface area contributed by atoms with Crippen molar-refractivity contribution in [3.63, 3.8) is 0 Å². The molecular formula is C23H23N3O6. The van der Waals surface area contributed by atoms with Gasteiger partial charge in [0.25, 0.3) is 5.91 Å². The summed E-state index contributed by atoms with van der Waals surface area (Å²) in [5.41, 5.74) is 3.07. The smallest absolute Gasteiger partial charge is 0.331 e. The van der Waals surface area contributed by atoms with Crippen LogP contribution in [0.15, 0.2) is 42.5 Å². The van der Waals surface area contributed by atoms with E-state index in [4.69, 9.17) is 19.5 Å². The number of rotatable bonds is 8. The number of urea groups is 1. The van der Waals surface area contributed by atoms with Gasteiger partial charge in [0.15, 0.2) is 24.7 Å². The van der Waals surface area contributed by atoms with Crippen LogP contribution in [0.2, 0.25) is 0 Å².